The van der Waals surface area contributed by atoms with E-state index in [0.717, 1.165) is 5.75 Å². The molecule has 0 spiro atoms. The van der Waals surface area contributed by atoms with Gasteiger partial charge in [0.05, 0.1) is 7.11 Å². The van der Waals surface area contributed by atoms with Crippen LogP contribution in [0.5, 0.6) is 5.75 Å². The van der Waals surface area contributed by atoms with Crippen LogP contribution in [0.3, 0.4) is 0 Å². The fourth-order valence-electron chi connectivity index (χ4n) is 2.04. The third-order valence-corrected chi connectivity index (χ3v) is 2.80. The van der Waals surface area contributed by atoms with Crippen LogP contribution < -0.4 is 4.74 Å². The van der Waals surface area contributed by atoms with Crippen molar-refractivity contribution in [1.82, 2.24) is 0 Å². The van der Waals surface area contributed by atoms with E-state index < -0.39 is 0 Å². The normalized spacial score (nSPS) is 20.0. The van der Waals surface area contributed by atoms with Gasteiger partial charge >= 0.3 is 0 Å². The van der Waals surface area contributed by atoms with Gasteiger partial charge in [-0.2, -0.15) is 0 Å². The maximum Gasteiger partial charge on any atom is 0.122 e. The molecule has 14 heavy (non-hydrogen) atoms. The highest BCUT2D eigenvalue weighted by atomic mass is 16.5. The van der Waals surface area contributed by atoms with Crippen molar-refractivity contribution in [3.05, 3.63) is 41.5 Å². The van der Waals surface area contributed by atoms with Crippen molar-refractivity contribution >= 4 is 0 Å². The maximum atomic E-state index is 5.38. The Morgan fingerprint density at radius 1 is 1.36 bits per heavy atom. The van der Waals surface area contributed by atoms with Crippen molar-refractivity contribution in [2.24, 2.45) is 0 Å². The van der Waals surface area contributed by atoms with Crippen LogP contribution in [0.4, 0.5) is 0 Å². The summed E-state index contributed by atoms with van der Waals surface area (Å²) in [5.41, 5.74) is 2.64. The summed E-state index contributed by atoms with van der Waals surface area (Å²) < 4.78 is 5.38. The number of allylic oxidation sites excluding steroid dienone is 2. The van der Waals surface area contributed by atoms with E-state index in [9.17, 15) is 0 Å². The standard InChI is InChI=1S/C13H16O/c1-10-7-8-13(14-2)12(9-10)11-5-3-4-6-11/h3,5,7-9,11H,4,6H2,1-2H3. The van der Waals surface area contributed by atoms with Gasteiger partial charge in [0, 0.05) is 11.5 Å². The Balaban J connectivity index is 2.38. The van der Waals surface area contributed by atoms with Crippen molar-refractivity contribution in [2.75, 3.05) is 7.11 Å². The Labute approximate surface area is 85.4 Å². The second kappa shape index (κ2) is 3.87. The molecule has 1 aliphatic carbocycles. The lowest BCUT2D eigenvalue weighted by Crippen LogP contribution is -1.96. The first-order chi connectivity index (χ1) is 6.81. The zero-order valence-electron chi connectivity index (χ0n) is 8.79. The van der Waals surface area contributed by atoms with Gasteiger partial charge in [-0.05, 0) is 25.8 Å². The highest BCUT2D eigenvalue weighted by Crippen LogP contribution is 2.34. The molecule has 1 aromatic rings. The summed E-state index contributed by atoms with van der Waals surface area (Å²) in [4.78, 5) is 0. The second-order valence-corrected chi connectivity index (χ2v) is 3.86. The minimum Gasteiger partial charge on any atom is -0.496 e. The van der Waals surface area contributed by atoms with Crippen LogP contribution in [0.15, 0.2) is 30.4 Å². The third kappa shape index (κ3) is 1.67. The lowest BCUT2D eigenvalue weighted by molar-refractivity contribution is 0.407. The van der Waals surface area contributed by atoms with Crippen LogP contribution >= 0.6 is 0 Å². The Hall–Kier alpha value is -1.24. The van der Waals surface area contributed by atoms with Gasteiger partial charge in [-0.25, -0.2) is 0 Å². The number of methoxy groups -OCH3 is 1. The average Bonchev–Trinajstić information content (AvgIpc) is 2.70. The summed E-state index contributed by atoms with van der Waals surface area (Å²) in [6.45, 7) is 2.13. The molecule has 0 amide bonds. The number of rotatable bonds is 2. The number of hydrogen-bond acceptors (Lipinski definition) is 1. The van der Waals surface area contributed by atoms with E-state index in [0.29, 0.717) is 5.92 Å². The van der Waals surface area contributed by atoms with Gasteiger partial charge in [0.25, 0.3) is 0 Å². The average molecular weight is 188 g/mol. The minimum atomic E-state index is 0.560. The Bertz CT molecular complexity index is 352. The molecule has 0 radical (unpaired) electrons. The van der Waals surface area contributed by atoms with Crippen LogP contribution in [-0.4, -0.2) is 7.11 Å². The van der Waals surface area contributed by atoms with Crippen molar-refractivity contribution in [3.8, 4) is 5.75 Å². The van der Waals surface area contributed by atoms with Gasteiger partial charge in [-0.15, -0.1) is 0 Å². The van der Waals surface area contributed by atoms with E-state index in [-0.39, 0.29) is 0 Å². The lowest BCUT2D eigenvalue weighted by Gasteiger charge is -2.13. The fourth-order valence-corrected chi connectivity index (χ4v) is 2.04. The van der Waals surface area contributed by atoms with Crippen LogP contribution in [0.1, 0.15) is 29.9 Å². The molecule has 0 saturated heterocycles. The molecule has 0 N–H and O–H groups in total. The number of hydrogen-bond donors (Lipinski definition) is 0. The molecule has 74 valence electrons. The highest BCUT2D eigenvalue weighted by Gasteiger charge is 2.15. The molecular formula is C13H16O. The molecule has 1 aliphatic rings. The molecule has 0 heterocycles. The molecule has 1 unspecified atom stereocenters. The smallest absolute Gasteiger partial charge is 0.122 e. The first-order valence-electron chi connectivity index (χ1n) is 5.12. The number of aryl methyl sites for hydroxylation is 1. The monoisotopic (exact) mass is 188 g/mol. The largest absolute Gasteiger partial charge is 0.496 e. The van der Waals surface area contributed by atoms with Crippen molar-refractivity contribution in [2.45, 2.75) is 25.7 Å². The molecule has 0 fully saturated rings. The number of benzene rings is 1. The van der Waals surface area contributed by atoms with Crippen molar-refractivity contribution < 1.29 is 4.74 Å². The fraction of sp³-hybridized carbons (Fsp3) is 0.385. The topological polar surface area (TPSA) is 9.23 Å². The van der Waals surface area contributed by atoms with E-state index in [1.54, 1.807) is 7.11 Å². The van der Waals surface area contributed by atoms with Crippen molar-refractivity contribution in [3.63, 3.8) is 0 Å². The molecule has 0 aromatic heterocycles. The Morgan fingerprint density at radius 2 is 2.21 bits per heavy atom. The quantitative estimate of drug-likeness (QED) is 0.646. The van der Waals surface area contributed by atoms with Gasteiger partial charge in [0.1, 0.15) is 5.75 Å². The summed E-state index contributed by atoms with van der Waals surface area (Å²) in [7, 11) is 1.74. The Morgan fingerprint density at radius 3 is 2.86 bits per heavy atom. The minimum absolute atomic E-state index is 0.560. The summed E-state index contributed by atoms with van der Waals surface area (Å²) in [5, 5.41) is 0. The second-order valence-electron chi connectivity index (χ2n) is 3.86. The van der Waals surface area contributed by atoms with Gasteiger partial charge in [-0.3, -0.25) is 0 Å². The molecule has 1 heteroatoms. The molecule has 0 saturated carbocycles. The molecule has 0 bridgehead atoms. The van der Waals surface area contributed by atoms with E-state index in [1.165, 1.54) is 24.0 Å². The van der Waals surface area contributed by atoms with E-state index >= 15 is 0 Å². The highest BCUT2D eigenvalue weighted by molar-refractivity contribution is 5.42. The number of ether oxygens (including phenoxy) is 1. The van der Waals surface area contributed by atoms with Gasteiger partial charge in [-0.1, -0.05) is 29.8 Å². The lowest BCUT2D eigenvalue weighted by atomic mass is 9.96. The van der Waals surface area contributed by atoms with E-state index in [4.69, 9.17) is 4.74 Å². The van der Waals surface area contributed by atoms with Crippen LogP contribution in [0.25, 0.3) is 0 Å². The van der Waals surface area contributed by atoms with E-state index in [1.807, 2.05) is 0 Å². The summed E-state index contributed by atoms with van der Waals surface area (Å²) >= 11 is 0. The van der Waals surface area contributed by atoms with Crippen molar-refractivity contribution in [1.29, 1.82) is 0 Å². The summed E-state index contributed by atoms with van der Waals surface area (Å²) in [6, 6.07) is 6.40. The summed E-state index contributed by atoms with van der Waals surface area (Å²) in [5.74, 6) is 1.58. The molecular weight excluding hydrogens is 172 g/mol. The van der Waals surface area contributed by atoms with Crippen LogP contribution in [-0.2, 0) is 0 Å². The van der Waals surface area contributed by atoms with Crippen LogP contribution in [0, 0.1) is 6.92 Å². The SMILES string of the molecule is COc1ccc(C)cc1C1C=CCC1. The first-order valence-corrected chi connectivity index (χ1v) is 5.12. The molecule has 1 atom stereocenters. The van der Waals surface area contributed by atoms with E-state index in [2.05, 4.69) is 37.3 Å². The van der Waals surface area contributed by atoms with Gasteiger partial charge in [0.15, 0.2) is 0 Å². The molecule has 1 nitrogen and oxygen atoms in total. The molecule has 2 rings (SSSR count). The predicted octanol–water partition coefficient (Wildman–Crippen LogP) is 3.44. The van der Waals surface area contributed by atoms with Gasteiger partial charge < -0.3 is 4.74 Å². The Kier molecular flexibility index (Phi) is 2.58. The first kappa shape index (κ1) is 9.32. The van der Waals surface area contributed by atoms with Gasteiger partial charge in [0.2, 0.25) is 0 Å². The predicted molar refractivity (Wildman–Crippen MR) is 58.8 cm³/mol. The van der Waals surface area contributed by atoms with Crippen LogP contribution in [0.2, 0.25) is 0 Å². The zero-order chi connectivity index (χ0) is 9.97. The molecule has 0 aliphatic heterocycles. The summed E-state index contributed by atoms with van der Waals surface area (Å²) in [6.07, 6.45) is 6.96. The molecule has 1 aromatic carbocycles. The third-order valence-electron chi connectivity index (χ3n) is 2.80. The zero-order valence-corrected chi connectivity index (χ0v) is 8.79. The maximum absolute atomic E-state index is 5.38.